The number of nitrogens with zero attached hydrogens (tertiary/aromatic N) is 2. The maximum absolute atomic E-state index is 6.89. The quantitative estimate of drug-likeness (QED) is 0.194. The molecule has 0 radical (unpaired) electrons. The Kier molecular flexibility index (Phi) is 6.87. The molecule has 5 nitrogen and oxygen atoms in total. The minimum absolute atomic E-state index is 0.634. The lowest BCUT2D eigenvalue weighted by Gasteiger charge is -2.10. The minimum atomic E-state index is 0.634. The summed E-state index contributed by atoms with van der Waals surface area (Å²) in [7, 11) is 0. The monoisotopic (exact) mass is 682 g/mol. The number of aromatic amines is 2. The number of aromatic nitrogens is 4. The predicted molar refractivity (Wildman–Crippen MR) is 201 cm³/mol. The topological polar surface area (TPSA) is 66.6 Å². The van der Waals surface area contributed by atoms with Crippen LogP contribution in [-0.2, 0) is 0 Å². The Balaban J connectivity index is 1.42. The van der Waals surface area contributed by atoms with Crippen LogP contribution in [0.15, 0.2) is 132 Å². The molecule has 5 heterocycles. The van der Waals surface area contributed by atoms with Crippen LogP contribution in [0.1, 0.15) is 22.8 Å². The third-order valence-electron chi connectivity index (χ3n) is 8.73. The minimum Gasteiger partial charge on any atom is -0.452 e. The van der Waals surface area contributed by atoms with E-state index in [0.717, 1.165) is 88.1 Å². The fourth-order valence-electron chi connectivity index (χ4n) is 6.46. The fraction of sp³-hybridized carbons (Fsp3) is 0. The Morgan fingerprint density at radius 2 is 0.979 bits per heavy atom. The third-order valence-corrected chi connectivity index (χ3v) is 9.56. The van der Waals surface area contributed by atoms with E-state index in [-0.39, 0.29) is 0 Å². The van der Waals surface area contributed by atoms with E-state index in [1.165, 1.54) is 0 Å². The number of ether oxygens (including phenoxy) is 1. The SMILES string of the molecule is Brc1c2nc(c(-c3ccccc3)c3ccc([nH]3)c(Oc3cccc4ccccc34)c3nc(c(-c4ccccc4)c4ccc1[nH]4)C=C3)C=C2. The summed E-state index contributed by atoms with van der Waals surface area (Å²) < 4.78 is 7.78. The molecular weight excluding hydrogens is 656 g/mol. The van der Waals surface area contributed by atoms with E-state index in [4.69, 9.17) is 14.7 Å². The normalized spacial score (nSPS) is 12.1. The molecule has 0 fully saturated rings. The molecule has 2 N–H and O–H groups in total. The van der Waals surface area contributed by atoms with Crippen LogP contribution in [0.2, 0.25) is 0 Å². The Morgan fingerprint density at radius 1 is 0.458 bits per heavy atom. The van der Waals surface area contributed by atoms with Gasteiger partial charge in [-0.25, -0.2) is 9.97 Å². The molecule has 0 unspecified atom stereocenters. The second-order valence-electron chi connectivity index (χ2n) is 11.7. The highest BCUT2D eigenvalue weighted by atomic mass is 79.9. The van der Waals surface area contributed by atoms with E-state index in [1.807, 2.05) is 42.5 Å². The average molecular weight is 684 g/mol. The van der Waals surface area contributed by atoms with Gasteiger partial charge in [0.1, 0.15) is 11.4 Å². The molecule has 0 aliphatic carbocycles. The average Bonchev–Trinajstić information content (AvgIpc) is 3.97. The highest BCUT2D eigenvalue weighted by Crippen LogP contribution is 2.39. The summed E-state index contributed by atoms with van der Waals surface area (Å²) in [4.78, 5) is 17.7. The first-order valence-electron chi connectivity index (χ1n) is 15.8. The molecule has 4 aromatic carbocycles. The largest absolute Gasteiger partial charge is 0.452 e. The molecule has 8 bridgehead atoms. The maximum atomic E-state index is 6.89. The number of nitrogens with one attached hydrogen (secondary N) is 2. The molecule has 6 heteroatoms. The Labute approximate surface area is 285 Å². The van der Waals surface area contributed by atoms with Crippen molar-refractivity contribution in [1.82, 2.24) is 19.9 Å². The zero-order valence-electron chi connectivity index (χ0n) is 25.6. The number of H-pyrrole nitrogens is 2. The van der Waals surface area contributed by atoms with E-state index >= 15 is 0 Å². The van der Waals surface area contributed by atoms with Gasteiger partial charge in [-0.05, 0) is 87.1 Å². The number of hydrogen-bond acceptors (Lipinski definition) is 3. The second-order valence-corrected chi connectivity index (χ2v) is 12.5. The van der Waals surface area contributed by atoms with Crippen molar-refractivity contribution in [1.29, 1.82) is 0 Å². The van der Waals surface area contributed by atoms with Gasteiger partial charge in [-0.15, -0.1) is 0 Å². The van der Waals surface area contributed by atoms with Crippen molar-refractivity contribution >= 4 is 73.1 Å². The number of halogens is 1. The van der Waals surface area contributed by atoms with Crippen molar-refractivity contribution in [2.45, 2.75) is 0 Å². The van der Waals surface area contributed by atoms with Crippen LogP contribution in [0.3, 0.4) is 0 Å². The molecule has 0 saturated carbocycles. The summed E-state index contributed by atoms with van der Waals surface area (Å²) in [6, 6.07) is 43.4. The van der Waals surface area contributed by atoms with Gasteiger partial charge in [-0.1, -0.05) is 97.1 Å². The van der Waals surface area contributed by atoms with Crippen LogP contribution in [0, 0.1) is 0 Å². The molecule has 2 aliphatic rings. The van der Waals surface area contributed by atoms with Crippen LogP contribution in [0.5, 0.6) is 11.5 Å². The first-order chi connectivity index (χ1) is 23.7. The zero-order valence-corrected chi connectivity index (χ0v) is 27.2. The summed E-state index contributed by atoms with van der Waals surface area (Å²) in [5.41, 5.74) is 11.0. The summed E-state index contributed by atoms with van der Waals surface area (Å²) in [5, 5.41) is 2.13. The molecule has 0 amide bonds. The lowest BCUT2D eigenvalue weighted by atomic mass is 10.0. The van der Waals surface area contributed by atoms with Gasteiger partial charge >= 0.3 is 0 Å². The van der Waals surface area contributed by atoms with E-state index in [1.54, 1.807) is 0 Å². The van der Waals surface area contributed by atoms with Crippen LogP contribution in [0.25, 0.3) is 79.4 Å². The van der Waals surface area contributed by atoms with Crippen LogP contribution in [-0.4, -0.2) is 19.9 Å². The molecule has 9 rings (SSSR count). The Morgan fingerprint density at radius 3 is 1.69 bits per heavy atom. The summed E-state index contributed by atoms with van der Waals surface area (Å²) in [6.07, 6.45) is 8.23. The number of fused-ring (bicyclic) bond motifs is 9. The zero-order chi connectivity index (χ0) is 32.0. The smallest absolute Gasteiger partial charge is 0.176 e. The van der Waals surface area contributed by atoms with E-state index in [2.05, 4.69) is 135 Å². The number of rotatable bonds is 4. The molecular formula is C42H27BrN4O. The van der Waals surface area contributed by atoms with Crippen molar-refractivity contribution in [3.63, 3.8) is 0 Å². The van der Waals surface area contributed by atoms with Gasteiger partial charge in [-0.3, -0.25) is 0 Å². The molecule has 0 atom stereocenters. The van der Waals surface area contributed by atoms with E-state index in [9.17, 15) is 0 Å². The molecule has 3 aromatic heterocycles. The van der Waals surface area contributed by atoms with E-state index < -0.39 is 0 Å². The molecule has 7 aromatic rings. The summed E-state index contributed by atoms with van der Waals surface area (Å²) >= 11 is 3.87. The van der Waals surface area contributed by atoms with Gasteiger partial charge < -0.3 is 14.7 Å². The van der Waals surface area contributed by atoms with Gasteiger partial charge in [0, 0.05) is 27.5 Å². The Bertz CT molecular complexity index is 2560. The Hall–Kier alpha value is -5.98. The van der Waals surface area contributed by atoms with Crippen LogP contribution in [0.4, 0.5) is 0 Å². The lowest BCUT2D eigenvalue weighted by molar-refractivity contribution is 0.490. The van der Waals surface area contributed by atoms with Crippen molar-refractivity contribution in [3.8, 4) is 33.8 Å². The third kappa shape index (κ3) is 4.94. The first-order valence-corrected chi connectivity index (χ1v) is 16.6. The second kappa shape index (κ2) is 11.7. The van der Waals surface area contributed by atoms with Crippen molar-refractivity contribution in [2.24, 2.45) is 0 Å². The molecule has 0 saturated heterocycles. The number of benzene rings is 4. The van der Waals surface area contributed by atoms with Gasteiger partial charge in [-0.2, -0.15) is 0 Å². The van der Waals surface area contributed by atoms with Gasteiger partial charge in [0.25, 0.3) is 0 Å². The van der Waals surface area contributed by atoms with Gasteiger partial charge in [0.15, 0.2) is 5.75 Å². The fourth-order valence-corrected chi connectivity index (χ4v) is 6.92. The summed E-state index contributed by atoms with van der Waals surface area (Å²) in [5.74, 6) is 1.39. The van der Waals surface area contributed by atoms with Crippen molar-refractivity contribution < 1.29 is 4.74 Å². The van der Waals surface area contributed by atoms with Gasteiger partial charge in [0.2, 0.25) is 0 Å². The highest BCUT2D eigenvalue weighted by Gasteiger charge is 2.18. The molecule has 228 valence electrons. The molecule has 2 aliphatic heterocycles. The predicted octanol–water partition coefficient (Wildman–Crippen LogP) is 11.7. The highest BCUT2D eigenvalue weighted by molar-refractivity contribution is 9.10. The van der Waals surface area contributed by atoms with Gasteiger partial charge in [0.05, 0.1) is 32.6 Å². The van der Waals surface area contributed by atoms with Crippen molar-refractivity contribution in [3.05, 3.63) is 155 Å². The van der Waals surface area contributed by atoms with Crippen LogP contribution < -0.4 is 4.74 Å². The molecule has 0 spiro atoms. The van der Waals surface area contributed by atoms with Crippen molar-refractivity contribution in [2.75, 3.05) is 0 Å². The standard InChI is InChI=1S/C42H27BrN4O/c43-41-34-22-18-30(44-34)39(27-11-3-1-4-12-27)32-20-24-36(46-32)42(48-38-17-9-15-26-10-7-8-16-29(26)38)37-25-21-33(47-37)40(28-13-5-2-6-14-28)31-19-23-35(41)45-31/h1-25,44,47H. The first kappa shape index (κ1) is 28.3. The lowest BCUT2D eigenvalue weighted by Crippen LogP contribution is -1.91. The van der Waals surface area contributed by atoms with Crippen LogP contribution >= 0.6 is 15.9 Å². The number of hydrogen-bond donors (Lipinski definition) is 2. The molecule has 48 heavy (non-hydrogen) atoms. The summed E-state index contributed by atoms with van der Waals surface area (Å²) in [6.45, 7) is 0. The van der Waals surface area contributed by atoms with E-state index in [0.29, 0.717) is 5.75 Å². The maximum Gasteiger partial charge on any atom is 0.176 e.